The number of aliphatic hydroxyl groups excluding tert-OH is 1. The number of aliphatic hydroxyl groups is 1. The lowest BCUT2D eigenvalue weighted by atomic mass is 9.82. The highest BCUT2D eigenvalue weighted by atomic mass is 16.6. The standard InChI is InChI=1S/C40H60N4O6/c1-40(2,3)50-39(48)42-34(27-30-16-10-6-11-17-30)35(45)28-32(26-29-14-8-5-9-15-29)37(46)43-36(31-18-12-7-13-19-31)38(47)44-23-20-33(21-24-44)41-22-25-49-4/h5-6,8-11,14-17,31-36,41,45H,7,12-13,18-28H2,1-4H3,(H,42,48)(H,43,46). The second-order valence-corrected chi connectivity index (χ2v) is 15.1. The molecule has 10 heteroatoms. The van der Waals surface area contributed by atoms with Gasteiger partial charge in [0.25, 0.3) is 0 Å². The zero-order valence-electron chi connectivity index (χ0n) is 30.6. The maximum atomic E-state index is 14.4. The second kappa shape index (κ2) is 19.8. The number of methoxy groups -OCH3 is 1. The molecule has 2 fully saturated rings. The molecule has 4 unspecified atom stereocenters. The van der Waals surface area contributed by atoms with Crippen molar-refractivity contribution in [2.24, 2.45) is 11.8 Å². The Labute approximate surface area is 299 Å². The van der Waals surface area contributed by atoms with Crippen LogP contribution in [0.1, 0.15) is 83.3 Å². The Hall–Kier alpha value is -3.47. The van der Waals surface area contributed by atoms with Crippen molar-refractivity contribution in [2.75, 3.05) is 33.4 Å². The van der Waals surface area contributed by atoms with E-state index in [2.05, 4.69) is 16.0 Å². The minimum absolute atomic E-state index is 0.00634. The molecule has 1 aliphatic carbocycles. The first-order valence-corrected chi connectivity index (χ1v) is 18.6. The number of amides is 3. The van der Waals surface area contributed by atoms with Gasteiger partial charge in [0.15, 0.2) is 0 Å². The van der Waals surface area contributed by atoms with E-state index >= 15 is 0 Å². The summed E-state index contributed by atoms with van der Waals surface area (Å²) in [4.78, 5) is 43.5. The summed E-state index contributed by atoms with van der Waals surface area (Å²) in [6.45, 7) is 8.10. The quantitative estimate of drug-likeness (QED) is 0.182. The Bertz CT molecular complexity index is 1310. The first-order chi connectivity index (χ1) is 24.0. The van der Waals surface area contributed by atoms with Crippen molar-refractivity contribution < 1.29 is 29.0 Å². The number of nitrogens with one attached hydrogen (secondary N) is 3. The van der Waals surface area contributed by atoms with Crippen molar-refractivity contribution in [3.8, 4) is 0 Å². The third-order valence-corrected chi connectivity index (χ3v) is 9.92. The number of rotatable bonds is 16. The van der Waals surface area contributed by atoms with Gasteiger partial charge in [0.2, 0.25) is 11.8 Å². The summed E-state index contributed by atoms with van der Waals surface area (Å²) in [5.41, 5.74) is 1.19. The van der Waals surface area contributed by atoms with Crippen molar-refractivity contribution >= 4 is 17.9 Å². The normalized spacial score (nSPS) is 18.5. The van der Waals surface area contributed by atoms with Gasteiger partial charge in [-0.25, -0.2) is 4.79 Å². The van der Waals surface area contributed by atoms with Crippen LogP contribution in [0.5, 0.6) is 0 Å². The topological polar surface area (TPSA) is 129 Å². The van der Waals surface area contributed by atoms with Crippen LogP contribution in [0.3, 0.4) is 0 Å². The highest BCUT2D eigenvalue weighted by molar-refractivity contribution is 5.89. The fraction of sp³-hybridized carbons (Fsp3) is 0.625. The third-order valence-electron chi connectivity index (χ3n) is 9.92. The molecule has 2 aromatic carbocycles. The molecule has 2 aliphatic rings. The van der Waals surface area contributed by atoms with Gasteiger partial charge in [0.1, 0.15) is 11.6 Å². The fourth-order valence-corrected chi connectivity index (χ4v) is 7.23. The van der Waals surface area contributed by atoms with Crippen LogP contribution in [0.15, 0.2) is 60.7 Å². The zero-order chi connectivity index (χ0) is 35.9. The average molecular weight is 693 g/mol. The van der Waals surface area contributed by atoms with Gasteiger partial charge >= 0.3 is 6.09 Å². The largest absolute Gasteiger partial charge is 0.444 e. The first-order valence-electron chi connectivity index (χ1n) is 18.6. The van der Waals surface area contributed by atoms with Crippen LogP contribution in [0.4, 0.5) is 4.79 Å². The van der Waals surface area contributed by atoms with Gasteiger partial charge in [-0.15, -0.1) is 0 Å². The molecule has 2 aromatic rings. The highest BCUT2D eigenvalue weighted by Gasteiger charge is 2.37. The number of carbonyl (C=O) groups is 3. The lowest BCUT2D eigenvalue weighted by molar-refractivity contribution is -0.140. The third kappa shape index (κ3) is 13.0. The zero-order valence-corrected chi connectivity index (χ0v) is 30.6. The van der Waals surface area contributed by atoms with Crippen molar-refractivity contribution in [3.63, 3.8) is 0 Å². The number of likely N-dealkylation sites (tertiary alicyclic amines) is 1. The molecule has 1 saturated heterocycles. The number of benzene rings is 2. The Kier molecular flexibility index (Phi) is 15.6. The number of alkyl carbamates (subject to hydrolysis) is 1. The minimum atomic E-state index is -1.06. The van der Waals surface area contributed by atoms with Crippen LogP contribution in [-0.2, 0) is 31.9 Å². The Morgan fingerprint density at radius 3 is 2.04 bits per heavy atom. The molecule has 4 rings (SSSR count). The number of hydrogen-bond acceptors (Lipinski definition) is 7. The van der Waals surface area contributed by atoms with E-state index in [0.29, 0.717) is 38.6 Å². The van der Waals surface area contributed by atoms with E-state index in [9.17, 15) is 19.5 Å². The van der Waals surface area contributed by atoms with Crippen LogP contribution in [-0.4, -0.2) is 91.1 Å². The molecular weight excluding hydrogens is 632 g/mol. The average Bonchev–Trinajstić information content (AvgIpc) is 3.10. The van der Waals surface area contributed by atoms with Gasteiger partial charge < -0.3 is 35.4 Å². The molecule has 1 saturated carbocycles. The van der Waals surface area contributed by atoms with Crippen molar-refractivity contribution in [1.29, 1.82) is 0 Å². The van der Waals surface area contributed by atoms with Gasteiger partial charge in [0, 0.05) is 38.7 Å². The predicted molar refractivity (Wildman–Crippen MR) is 196 cm³/mol. The number of carbonyl (C=O) groups excluding carboxylic acids is 3. The second-order valence-electron chi connectivity index (χ2n) is 15.1. The van der Waals surface area contributed by atoms with Gasteiger partial charge in [-0.3, -0.25) is 9.59 Å². The van der Waals surface area contributed by atoms with Crippen LogP contribution in [0, 0.1) is 11.8 Å². The summed E-state index contributed by atoms with van der Waals surface area (Å²) in [6.07, 6.45) is 5.90. The molecule has 3 amide bonds. The lowest BCUT2D eigenvalue weighted by Gasteiger charge is -2.38. The monoisotopic (exact) mass is 692 g/mol. The molecule has 0 bridgehead atoms. The summed E-state index contributed by atoms with van der Waals surface area (Å²) in [5, 5.41) is 21.4. The summed E-state index contributed by atoms with van der Waals surface area (Å²) >= 11 is 0. The molecule has 10 nitrogen and oxygen atoms in total. The van der Waals surface area contributed by atoms with Gasteiger partial charge in [-0.1, -0.05) is 79.9 Å². The van der Waals surface area contributed by atoms with E-state index in [1.54, 1.807) is 27.9 Å². The van der Waals surface area contributed by atoms with E-state index in [4.69, 9.17) is 9.47 Å². The van der Waals surface area contributed by atoms with Crippen LogP contribution >= 0.6 is 0 Å². The predicted octanol–water partition coefficient (Wildman–Crippen LogP) is 5.02. The molecule has 276 valence electrons. The van der Waals surface area contributed by atoms with Gasteiger partial charge in [0.05, 0.1) is 18.8 Å². The summed E-state index contributed by atoms with van der Waals surface area (Å²) in [6, 6.07) is 18.4. The highest BCUT2D eigenvalue weighted by Crippen LogP contribution is 2.29. The minimum Gasteiger partial charge on any atom is -0.444 e. The van der Waals surface area contributed by atoms with E-state index in [-0.39, 0.29) is 24.2 Å². The summed E-state index contributed by atoms with van der Waals surface area (Å²) in [7, 11) is 1.69. The van der Waals surface area contributed by atoms with Gasteiger partial charge in [-0.2, -0.15) is 0 Å². The molecule has 4 N–H and O–H groups in total. The SMILES string of the molecule is COCCNC1CCN(C(=O)C(NC(=O)C(Cc2ccccc2)CC(O)C(Cc2ccccc2)NC(=O)OC(C)(C)C)C2CCCCC2)CC1. The molecule has 4 atom stereocenters. The molecule has 0 aromatic heterocycles. The lowest BCUT2D eigenvalue weighted by Crippen LogP contribution is -2.56. The van der Waals surface area contributed by atoms with Crippen molar-refractivity contribution in [3.05, 3.63) is 71.8 Å². The van der Waals surface area contributed by atoms with Crippen molar-refractivity contribution in [1.82, 2.24) is 20.9 Å². The smallest absolute Gasteiger partial charge is 0.407 e. The van der Waals surface area contributed by atoms with Crippen LogP contribution in [0.25, 0.3) is 0 Å². The maximum Gasteiger partial charge on any atom is 0.407 e. The molecule has 1 aliphatic heterocycles. The fourth-order valence-electron chi connectivity index (χ4n) is 7.23. The number of piperidine rings is 1. The molecular formula is C40H60N4O6. The number of hydrogen-bond donors (Lipinski definition) is 4. The van der Waals surface area contributed by atoms with Gasteiger partial charge in [-0.05, 0) is 82.8 Å². The number of nitrogens with zero attached hydrogens (tertiary/aromatic N) is 1. The molecule has 50 heavy (non-hydrogen) atoms. The maximum absolute atomic E-state index is 14.4. The summed E-state index contributed by atoms with van der Waals surface area (Å²) < 4.78 is 10.7. The molecule has 1 heterocycles. The van der Waals surface area contributed by atoms with Crippen molar-refractivity contribution in [2.45, 2.75) is 115 Å². The van der Waals surface area contributed by atoms with Crippen LogP contribution < -0.4 is 16.0 Å². The van der Waals surface area contributed by atoms with E-state index in [0.717, 1.165) is 62.6 Å². The first kappa shape index (κ1) is 39.3. The van der Waals surface area contributed by atoms with E-state index in [1.165, 1.54) is 0 Å². The molecule has 0 spiro atoms. The van der Waals surface area contributed by atoms with Crippen LogP contribution in [0.2, 0.25) is 0 Å². The van der Waals surface area contributed by atoms with E-state index < -0.39 is 35.8 Å². The Morgan fingerprint density at radius 1 is 0.860 bits per heavy atom. The number of ether oxygens (including phenoxy) is 2. The Balaban J connectivity index is 1.53. The summed E-state index contributed by atoms with van der Waals surface area (Å²) in [5.74, 6) is -0.822. The Morgan fingerprint density at radius 2 is 1.46 bits per heavy atom. The van der Waals surface area contributed by atoms with E-state index in [1.807, 2.05) is 65.6 Å². The molecule has 0 radical (unpaired) electrons.